The molecule has 1 unspecified atom stereocenters. The highest BCUT2D eigenvalue weighted by Gasteiger charge is 2.15. The molecule has 3 heteroatoms. The molecule has 1 atom stereocenters. The van der Waals surface area contributed by atoms with E-state index in [1.54, 1.807) is 0 Å². The van der Waals surface area contributed by atoms with Crippen molar-refractivity contribution in [3.63, 3.8) is 0 Å². The summed E-state index contributed by atoms with van der Waals surface area (Å²) in [6, 6.07) is 8.74. The highest BCUT2D eigenvalue weighted by atomic mass is 16.5. The lowest BCUT2D eigenvalue weighted by Crippen LogP contribution is -2.32. The minimum absolute atomic E-state index is 0.0445. The van der Waals surface area contributed by atoms with Crippen molar-refractivity contribution >= 4 is 0 Å². The molecule has 3 nitrogen and oxygen atoms in total. The van der Waals surface area contributed by atoms with Crippen LogP contribution in [0.3, 0.4) is 0 Å². The lowest BCUT2D eigenvalue weighted by Gasteiger charge is -2.23. The fraction of sp³-hybridized carbons (Fsp3) is 0.667. The first-order chi connectivity index (χ1) is 9.70. The van der Waals surface area contributed by atoms with Crippen LogP contribution < -0.4 is 5.73 Å². The molecule has 0 saturated heterocycles. The van der Waals surface area contributed by atoms with Crippen LogP contribution in [0.1, 0.15) is 51.8 Å². The van der Waals surface area contributed by atoms with Gasteiger partial charge in [-0.3, -0.25) is 0 Å². The van der Waals surface area contributed by atoms with E-state index in [-0.39, 0.29) is 17.6 Å². The van der Waals surface area contributed by atoms with Crippen molar-refractivity contribution in [3.05, 3.63) is 35.4 Å². The number of nitrogens with two attached hydrogens (primary N) is 1. The van der Waals surface area contributed by atoms with E-state index in [9.17, 15) is 0 Å². The van der Waals surface area contributed by atoms with Gasteiger partial charge in [0, 0.05) is 19.1 Å². The van der Waals surface area contributed by atoms with Crippen molar-refractivity contribution in [1.29, 1.82) is 0 Å². The second-order valence-corrected chi connectivity index (χ2v) is 7.16. The SMILES string of the molecule is CC(C)OCCN(C)CC(N)c1ccc(C(C)(C)C)cc1. The summed E-state index contributed by atoms with van der Waals surface area (Å²) in [5.74, 6) is 0. The van der Waals surface area contributed by atoms with Crippen LogP contribution in [0.5, 0.6) is 0 Å². The van der Waals surface area contributed by atoms with Crippen LogP contribution in [0.25, 0.3) is 0 Å². The van der Waals surface area contributed by atoms with Gasteiger partial charge in [-0.1, -0.05) is 45.0 Å². The molecule has 0 spiro atoms. The molecule has 1 aromatic rings. The maximum absolute atomic E-state index is 6.30. The smallest absolute Gasteiger partial charge is 0.0596 e. The largest absolute Gasteiger partial charge is 0.377 e. The topological polar surface area (TPSA) is 38.5 Å². The van der Waals surface area contributed by atoms with Gasteiger partial charge in [-0.15, -0.1) is 0 Å². The minimum Gasteiger partial charge on any atom is -0.377 e. The Morgan fingerprint density at radius 2 is 1.71 bits per heavy atom. The standard InChI is InChI=1S/C18H32N2O/c1-14(2)21-12-11-20(6)13-17(19)15-7-9-16(10-8-15)18(3,4)5/h7-10,14,17H,11-13,19H2,1-6H3. The Balaban J connectivity index is 2.49. The highest BCUT2D eigenvalue weighted by Crippen LogP contribution is 2.23. The summed E-state index contributed by atoms with van der Waals surface area (Å²) < 4.78 is 5.57. The molecule has 0 aliphatic rings. The van der Waals surface area contributed by atoms with E-state index in [1.165, 1.54) is 11.1 Å². The predicted octanol–water partition coefficient (Wildman–Crippen LogP) is 3.34. The normalized spacial score (nSPS) is 14.0. The Kier molecular flexibility index (Phi) is 6.85. The molecular weight excluding hydrogens is 260 g/mol. The molecule has 0 aliphatic heterocycles. The van der Waals surface area contributed by atoms with E-state index in [0.29, 0.717) is 0 Å². The molecule has 0 aliphatic carbocycles. The number of benzene rings is 1. The van der Waals surface area contributed by atoms with Gasteiger partial charge in [-0.2, -0.15) is 0 Å². The molecule has 1 rings (SSSR count). The molecular formula is C18H32N2O. The van der Waals surface area contributed by atoms with Crippen LogP contribution in [0.2, 0.25) is 0 Å². The summed E-state index contributed by atoms with van der Waals surface area (Å²) in [7, 11) is 2.09. The van der Waals surface area contributed by atoms with Gasteiger partial charge in [0.2, 0.25) is 0 Å². The molecule has 0 fully saturated rings. The van der Waals surface area contributed by atoms with Crippen molar-refractivity contribution in [2.45, 2.75) is 52.2 Å². The van der Waals surface area contributed by atoms with E-state index in [2.05, 4.69) is 70.8 Å². The van der Waals surface area contributed by atoms with E-state index in [0.717, 1.165) is 19.7 Å². The van der Waals surface area contributed by atoms with Crippen LogP contribution in [-0.4, -0.2) is 37.7 Å². The van der Waals surface area contributed by atoms with Gasteiger partial charge in [-0.05, 0) is 37.4 Å². The van der Waals surface area contributed by atoms with Gasteiger partial charge in [0.15, 0.2) is 0 Å². The predicted molar refractivity (Wildman–Crippen MR) is 90.7 cm³/mol. The third kappa shape index (κ3) is 6.60. The van der Waals surface area contributed by atoms with E-state index in [1.807, 2.05) is 0 Å². The molecule has 0 radical (unpaired) electrons. The van der Waals surface area contributed by atoms with E-state index >= 15 is 0 Å². The van der Waals surface area contributed by atoms with Crippen molar-refractivity contribution in [3.8, 4) is 0 Å². The summed E-state index contributed by atoms with van der Waals surface area (Å²) in [6.45, 7) is 13.3. The minimum atomic E-state index is 0.0445. The first-order valence-electron chi connectivity index (χ1n) is 7.86. The van der Waals surface area contributed by atoms with Crippen LogP contribution in [0, 0.1) is 0 Å². The number of hydrogen-bond donors (Lipinski definition) is 1. The molecule has 21 heavy (non-hydrogen) atoms. The average Bonchev–Trinajstić information content (AvgIpc) is 2.37. The molecule has 0 amide bonds. The van der Waals surface area contributed by atoms with Gasteiger partial charge >= 0.3 is 0 Å². The number of nitrogens with zero attached hydrogens (tertiary/aromatic N) is 1. The average molecular weight is 292 g/mol. The quantitative estimate of drug-likeness (QED) is 0.837. The van der Waals surface area contributed by atoms with E-state index in [4.69, 9.17) is 10.5 Å². The molecule has 0 heterocycles. The van der Waals surface area contributed by atoms with Crippen molar-refractivity contribution in [2.75, 3.05) is 26.7 Å². The number of rotatable bonds is 7. The fourth-order valence-electron chi connectivity index (χ4n) is 2.21. The van der Waals surface area contributed by atoms with Crippen LogP contribution >= 0.6 is 0 Å². The van der Waals surface area contributed by atoms with Crippen LogP contribution in [0.15, 0.2) is 24.3 Å². The van der Waals surface area contributed by atoms with Gasteiger partial charge in [0.25, 0.3) is 0 Å². The Labute approximate surface area is 130 Å². The summed E-state index contributed by atoms with van der Waals surface area (Å²) in [5.41, 5.74) is 9.03. The van der Waals surface area contributed by atoms with E-state index < -0.39 is 0 Å². The summed E-state index contributed by atoms with van der Waals surface area (Å²) >= 11 is 0. The zero-order chi connectivity index (χ0) is 16.0. The van der Waals surface area contributed by atoms with Crippen LogP contribution in [0.4, 0.5) is 0 Å². The monoisotopic (exact) mass is 292 g/mol. The van der Waals surface area contributed by atoms with Crippen molar-refractivity contribution in [1.82, 2.24) is 4.90 Å². The number of hydrogen-bond acceptors (Lipinski definition) is 3. The molecule has 1 aromatic carbocycles. The van der Waals surface area contributed by atoms with Gasteiger partial charge in [0.1, 0.15) is 0 Å². The lowest BCUT2D eigenvalue weighted by molar-refractivity contribution is 0.0629. The lowest BCUT2D eigenvalue weighted by atomic mass is 9.86. The Bertz CT molecular complexity index is 406. The summed E-state index contributed by atoms with van der Waals surface area (Å²) in [4.78, 5) is 2.23. The molecule has 2 N–H and O–H groups in total. The summed E-state index contributed by atoms with van der Waals surface area (Å²) in [5, 5.41) is 0. The van der Waals surface area contributed by atoms with Gasteiger partial charge < -0.3 is 15.4 Å². The second kappa shape index (κ2) is 7.92. The Morgan fingerprint density at radius 3 is 2.19 bits per heavy atom. The Morgan fingerprint density at radius 1 is 1.14 bits per heavy atom. The number of likely N-dealkylation sites (N-methyl/N-ethyl adjacent to an activating group) is 1. The maximum atomic E-state index is 6.30. The zero-order valence-corrected chi connectivity index (χ0v) is 14.5. The highest BCUT2D eigenvalue weighted by molar-refractivity contribution is 5.29. The zero-order valence-electron chi connectivity index (χ0n) is 14.5. The van der Waals surface area contributed by atoms with Gasteiger partial charge in [0.05, 0.1) is 12.7 Å². The van der Waals surface area contributed by atoms with Gasteiger partial charge in [-0.25, -0.2) is 0 Å². The second-order valence-electron chi connectivity index (χ2n) is 7.16. The molecule has 0 bridgehead atoms. The molecule has 0 saturated carbocycles. The Hall–Kier alpha value is -0.900. The first kappa shape index (κ1) is 18.1. The maximum Gasteiger partial charge on any atom is 0.0596 e. The third-order valence-electron chi connectivity index (χ3n) is 3.64. The summed E-state index contributed by atoms with van der Waals surface area (Å²) in [6.07, 6.45) is 0.289. The third-order valence-corrected chi connectivity index (χ3v) is 3.64. The number of ether oxygens (including phenoxy) is 1. The van der Waals surface area contributed by atoms with Crippen molar-refractivity contribution < 1.29 is 4.74 Å². The molecule has 120 valence electrons. The van der Waals surface area contributed by atoms with Crippen molar-refractivity contribution in [2.24, 2.45) is 5.73 Å². The fourth-order valence-corrected chi connectivity index (χ4v) is 2.21. The first-order valence-corrected chi connectivity index (χ1v) is 7.86. The van der Waals surface area contributed by atoms with Crippen LogP contribution in [-0.2, 0) is 10.2 Å². The molecule has 0 aromatic heterocycles.